The Labute approximate surface area is 170 Å². The van der Waals surface area contributed by atoms with E-state index >= 15 is 0 Å². The molecule has 0 fully saturated rings. The van der Waals surface area contributed by atoms with Gasteiger partial charge in [-0.25, -0.2) is 8.42 Å². The van der Waals surface area contributed by atoms with E-state index < -0.39 is 10.0 Å². The largest absolute Gasteiger partial charge is 0.311 e. The first-order valence-corrected chi connectivity index (χ1v) is 11.0. The molecule has 0 heterocycles. The predicted molar refractivity (Wildman–Crippen MR) is 115 cm³/mol. The molecular formula is C22H21N3O3S. The van der Waals surface area contributed by atoms with Gasteiger partial charge in [0.15, 0.2) is 0 Å². The second kappa shape index (κ2) is 8.33. The Morgan fingerprint density at radius 1 is 1.03 bits per heavy atom. The van der Waals surface area contributed by atoms with Crippen molar-refractivity contribution < 1.29 is 13.2 Å². The summed E-state index contributed by atoms with van der Waals surface area (Å²) in [5.74, 6) is -0.350. The summed E-state index contributed by atoms with van der Waals surface area (Å²) in [6.45, 7) is 1.88. The number of carbonyl (C=O) groups excluding carboxylic acids is 1. The number of rotatable bonds is 6. The molecule has 1 amide bonds. The molecule has 0 radical (unpaired) electrons. The van der Waals surface area contributed by atoms with Gasteiger partial charge in [-0.1, -0.05) is 42.5 Å². The fraction of sp³-hybridized carbons (Fsp3) is 0.182. The Morgan fingerprint density at radius 2 is 1.72 bits per heavy atom. The van der Waals surface area contributed by atoms with Crippen molar-refractivity contribution >= 4 is 38.1 Å². The number of hydrogen-bond acceptors (Lipinski definition) is 4. The van der Waals surface area contributed by atoms with Crippen LogP contribution in [0.2, 0.25) is 0 Å². The molecule has 0 aromatic heterocycles. The summed E-state index contributed by atoms with van der Waals surface area (Å²) in [4.78, 5) is 14.7. The second-order valence-corrected chi connectivity index (χ2v) is 8.47. The zero-order chi connectivity index (χ0) is 21.0. The molecule has 3 aromatic carbocycles. The van der Waals surface area contributed by atoms with Crippen LogP contribution in [0.1, 0.15) is 12.5 Å². The van der Waals surface area contributed by atoms with Crippen LogP contribution in [0.15, 0.2) is 66.7 Å². The monoisotopic (exact) mass is 407 g/mol. The summed E-state index contributed by atoms with van der Waals surface area (Å²) in [5, 5.41) is 11.0. The molecule has 0 saturated carbocycles. The first-order valence-electron chi connectivity index (χ1n) is 9.11. The standard InChI is InChI=1S/C22H21N3O3S/c1-3-24(21-13-7-10-18-9-4-5-12-20(18)21)22(26)16-25(29(2,27)28)19-11-6-8-17(14-19)15-23/h4-14H,3,16H2,1-2H3. The third-order valence-electron chi connectivity index (χ3n) is 4.62. The van der Waals surface area contributed by atoms with Crippen molar-refractivity contribution in [2.75, 3.05) is 28.6 Å². The van der Waals surface area contributed by atoms with Crippen LogP contribution < -0.4 is 9.21 Å². The van der Waals surface area contributed by atoms with Gasteiger partial charge in [-0.05, 0) is 36.6 Å². The van der Waals surface area contributed by atoms with Crippen LogP contribution in [0, 0.1) is 11.3 Å². The van der Waals surface area contributed by atoms with Crippen molar-refractivity contribution in [2.24, 2.45) is 0 Å². The number of sulfonamides is 1. The maximum Gasteiger partial charge on any atom is 0.247 e. The van der Waals surface area contributed by atoms with Gasteiger partial charge in [0.05, 0.1) is 29.3 Å². The molecule has 3 aromatic rings. The zero-order valence-corrected chi connectivity index (χ0v) is 17.1. The van der Waals surface area contributed by atoms with Gasteiger partial charge in [0.2, 0.25) is 15.9 Å². The van der Waals surface area contributed by atoms with Crippen LogP contribution in [0.5, 0.6) is 0 Å². The van der Waals surface area contributed by atoms with Gasteiger partial charge >= 0.3 is 0 Å². The van der Waals surface area contributed by atoms with Gasteiger partial charge in [-0.15, -0.1) is 0 Å². The average molecular weight is 407 g/mol. The number of likely N-dealkylation sites (N-methyl/N-ethyl adjacent to an activating group) is 1. The van der Waals surface area contributed by atoms with E-state index in [4.69, 9.17) is 5.26 Å². The highest BCUT2D eigenvalue weighted by molar-refractivity contribution is 7.92. The molecule has 0 N–H and O–H groups in total. The van der Waals surface area contributed by atoms with E-state index in [1.165, 1.54) is 6.07 Å². The Morgan fingerprint density at radius 3 is 2.41 bits per heavy atom. The van der Waals surface area contributed by atoms with E-state index in [0.29, 0.717) is 12.1 Å². The van der Waals surface area contributed by atoms with Crippen molar-refractivity contribution in [3.8, 4) is 6.07 Å². The fourth-order valence-corrected chi connectivity index (χ4v) is 4.10. The van der Waals surface area contributed by atoms with Crippen molar-refractivity contribution in [1.29, 1.82) is 5.26 Å². The minimum absolute atomic E-state index is 0.286. The molecule has 0 aliphatic rings. The molecule has 148 valence electrons. The van der Waals surface area contributed by atoms with Gasteiger partial charge in [-0.2, -0.15) is 5.26 Å². The quantitative estimate of drug-likeness (QED) is 0.626. The van der Waals surface area contributed by atoms with E-state index in [9.17, 15) is 13.2 Å². The SMILES string of the molecule is CCN(C(=O)CN(c1cccc(C#N)c1)S(C)(=O)=O)c1cccc2ccccc12. The number of fused-ring (bicyclic) bond motifs is 1. The van der Waals surface area contributed by atoms with E-state index in [2.05, 4.69) is 0 Å². The highest BCUT2D eigenvalue weighted by atomic mass is 32.2. The molecule has 0 spiro atoms. The van der Waals surface area contributed by atoms with E-state index in [1.807, 2.05) is 55.5 Å². The van der Waals surface area contributed by atoms with Crippen LogP contribution in [-0.4, -0.2) is 33.7 Å². The van der Waals surface area contributed by atoms with Crippen molar-refractivity contribution in [2.45, 2.75) is 6.92 Å². The number of carbonyl (C=O) groups is 1. The Bertz CT molecular complexity index is 1190. The van der Waals surface area contributed by atoms with Gasteiger partial charge < -0.3 is 4.90 Å². The Hall–Kier alpha value is -3.37. The lowest BCUT2D eigenvalue weighted by molar-refractivity contribution is -0.117. The van der Waals surface area contributed by atoms with Gasteiger partial charge in [-0.3, -0.25) is 9.10 Å². The molecular weight excluding hydrogens is 386 g/mol. The first kappa shape index (κ1) is 20.4. The highest BCUT2D eigenvalue weighted by Gasteiger charge is 2.25. The predicted octanol–water partition coefficient (Wildman–Crippen LogP) is 3.53. The van der Waals surface area contributed by atoms with E-state index in [0.717, 1.165) is 27.0 Å². The number of nitriles is 1. The Balaban J connectivity index is 1.99. The van der Waals surface area contributed by atoms with Crippen molar-refractivity contribution in [3.05, 3.63) is 72.3 Å². The lowest BCUT2D eigenvalue weighted by atomic mass is 10.1. The number of anilines is 2. The van der Waals surface area contributed by atoms with Crippen LogP contribution in [-0.2, 0) is 14.8 Å². The lowest BCUT2D eigenvalue weighted by Gasteiger charge is -2.27. The van der Waals surface area contributed by atoms with Gasteiger partial charge in [0, 0.05) is 11.9 Å². The number of hydrogen-bond donors (Lipinski definition) is 0. The first-order chi connectivity index (χ1) is 13.8. The normalized spacial score (nSPS) is 11.1. The van der Waals surface area contributed by atoms with Gasteiger partial charge in [0.1, 0.15) is 6.54 Å². The summed E-state index contributed by atoms with van der Waals surface area (Å²) in [6, 6.07) is 21.6. The minimum atomic E-state index is -3.73. The summed E-state index contributed by atoms with van der Waals surface area (Å²) in [6.07, 6.45) is 1.05. The molecule has 7 heteroatoms. The molecule has 0 aliphatic carbocycles. The number of amides is 1. The van der Waals surface area contributed by atoms with Crippen molar-refractivity contribution in [3.63, 3.8) is 0 Å². The molecule has 3 rings (SSSR count). The van der Waals surface area contributed by atoms with E-state index in [-0.39, 0.29) is 18.1 Å². The minimum Gasteiger partial charge on any atom is -0.311 e. The van der Waals surface area contributed by atoms with Crippen LogP contribution >= 0.6 is 0 Å². The van der Waals surface area contributed by atoms with Crippen molar-refractivity contribution in [1.82, 2.24) is 0 Å². The molecule has 0 bridgehead atoms. The number of benzene rings is 3. The summed E-state index contributed by atoms with van der Waals surface area (Å²) in [7, 11) is -3.73. The third-order valence-corrected chi connectivity index (χ3v) is 5.76. The average Bonchev–Trinajstić information content (AvgIpc) is 2.72. The van der Waals surface area contributed by atoms with Crippen LogP contribution in [0.4, 0.5) is 11.4 Å². The van der Waals surface area contributed by atoms with Gasteiger partial charge in [0.25, 0.3) is 0 Å². The van der Waals surface area contributed by atoms with Crippen LogP contribution in [0.25, 0.3) is 10.8 Å². The molecule has 0 unspecified atom stereocenters. The second-order valence-electron chi connectivity index (χ2n) is 6.57. The topological polar surface area (TPSA) is 81.5 Å². The third kappa shape index (κ3) is 4.39. The Kier molecular flexibility index (Phi) is 5.85. The maximum absolute atomic E-state index is 13.2. The number of nitrogens with zero attached hydrogens (tertiary/aromatic N) is 3. The highest BCUT2D eigenvalue weighted by Crippen LogP contribution is 2.27. The van der Waals surface area contributed by atoms with Crippen LogP contribution in [0.3, 0.4) is 0 Å². The molecule has 29 heavy (non-hydrogen) atoms. The fourth-order valence-electron chi connectivity index (χ4n) is 3.26. The molecule has 6 nitrogen and oxygen atoms in total. The summed E-state index contributed by atoms with van der Waals surface area (Å²) >= 11 is 0. The molecule has 0 saturated heterocycles. The smallest absolute Gasteiger partial charge is 0.247 e. The maximum atomic E-state index is 13.2. The zero-order valence-electron chi connectivity index (χ0n) is 16.2. The summed E-state index contributed by atoms with van der Waals surface area (Å²) < 4.78 is 25.8. The van der Waals surface area contributed by atoms with E-state index in [1.54, 1.807) is 23.1 Å². The summed E-state index contributed by atoms with van der Waals surface area (Å²) in [5.41, 5.74) is 1.34. The molecule has 0 atom stereocenters. The lowest BCUT2D eigenvalue weighted by Crippen LogP contribution is -2.43. The molecule has 0 aliphatic heterocycles.